The Balaban J connectivity index is 1.83. The summed E-state index contributed by atoms with van der Waals surface area (Å²) in [5, 5.41) is 7.50. The summed E-state index contributed by atoms with van der Waals surface area (Å²) in [6, 6.07) is 10.2. The molecule has 0 fully saturated rings. The molecule has 0 radical (unpaired) electrons. The Bertz CT molecular complexity index is 746. The number of aromatic nitrogens is 5. The van der Waals surface area contributed by atoms with Crippen molar-refractivity contribution in [3.05, 3.63) is 59.9 Å². The molecule has 0 saturated carbocycles. The van der Waals surface area contributed by atoms with Gasteiger partial charge in [0.25, 0.3) is 0 Å². The first-order valence-corrected chi connectivity index (χ1v) is 7.15. The molecule has 3 aromatic rings. The van der Waals surface area contributed by atoms with Gasteiger partial charge in [0, 0.05) is 11.4 Å². The third kappa shape index (κ3) is 3.11. The Labute approximate surface area is 129 Å². The number of nitrogens with one attached hydrogen (secondary N) is 1. The second kappa shape index (κ2) is 5.93. The molecule has 6 heteroatoms. The summed E-state index contributed by atoms with van der Waals surface area (Å²) in [7, 11) is 0. The molecule has 1 N–H and O–H groups in total. The number of hydrogen-bond donors (Lipinski definition) is 1. The molecule has 0 amide bonds. The molecule has 0 aliphatic heterocycles. The molecule has 2 aromatic heterocycles. The van der Waals surface area contributed by atoms with Gasteiger partial charge in [-0.2, -0.15) is 5.10 Å². The van der Waals surface area contributed by atoms with E-state index in [4.69, 9.17) is 0 Å². The highest BCUT2D eigenvalue weighted by Gasteiger charge is 2.09. The monoisotopic (exact) mass is 294 g/mol. The highest BCUT2D eigenvalue weighted by Crippen LogP contribution is 2.19. The number of anilines is 1. The minimum Gasteiger partial charge on any atom is -0.348 e. The number of aryl methyl sites for hydroxylation is 2. The molecule has 112 valence electrons. The van der Waals surface area contributed by atoms with Crippen molar-refractivity contribution in [3.63, 3.8) is 0 Å². The van der Waals surface area contributed by atoms with E-state index in [-0.39, 0.29) is 6.04 Å². The van der Waals surface area contributed by atoms with Crippen molar-refractivity contribution in [1.29, 1.82) is 0 Å². The lowest BCUT2D eigenvalue weighted by atomic mass is 10.1. The standard InChI is InChI=1S/C16H18N6/c1-11-7-12(2)20-16(19-11)21-13(3)14-5-4-6-15(8-14)22-10-17-9-18-22/h4-10,13H,1-3H3,(H,19,20,21). The third-order valence-corrected chi connectivity index (χ3v) is 3.38. The molecule has 0 aliphatic carbocycles. The molecule has 1 atom stereocenters. The topological polar surface area (TPSA) is 68.5 Å². The van der Waals surface area contributed by atoms with E-state index < -0.39 is 0 Å². The summed E-state index contributed by atoms with van der Waals surface area (Å²) in [6.07, 6.45) is 3.21. The van der Waals surface area contributed by atoms with Gasteiger partial charge in [0.2, 0.25) is 5.95 Å². The van der Waals surface area contributed by atoms with Crippen molar-refractivity contribution in [1.82, 2.24) is 24.7 Å². The van der Waals surface area contributed by atoms with Crippen LogP contribution in [0.1, 0.15) is 29.9 Å². The zero-order valence-corrected chi connectivity index (χ0v) is 12.9. The summed E-state index contributed by atoms with van der Waals surface area (Å²) >= 11 is 0. The van der Waals surface area contributed by atoms with Crippen LogP contribution in [0.5, 0.6) is 0 Å². The van der Waals surface area contributed by atoms with Crippen LogP contribution in [-0.2, 0) is 0 Å². The SMILES string of the molecule is Cc1cc(C)nc(NC(C)c2cccc(-n3cncn3)c2)n1. The number of benzene rings is 1. The molecule has 22 heavy (non-hydrogen) atoms. The fourth-order valence-corrected chi connectivity index (χ4v) is 2.35. The van der Waals surface area contributed by atoms with Crippen molar-refractivity contribution in [2.24, 2.45) is 0 Å². The molecule has 2 heterocycles. The molecule has 3 rings (SSSR count). The van der Waals surface area contributed by atoms with E-state index in [2.05, 4.69) is 44.4 Å². The van der Waals surface area contributed by atoms with Crippen LogP contribution in [0.25, 0.3) is 5.69 Å². The molecule has 1 unspecified atom stereocenters. The van der Waals surface area contributed by atoms with Crippen LogP contribution in [0.2, 0.25) is 0 Å². The second-order valence-electron chi connectivity index (χ2n) is 5.28. The van der Waals surface area contributed by atoms with E-state index in [0.717, 1.165) is 22.6 Å². The summed E-state index contributed by atoms with van der Waals surface area (Å²) < 4.78 is 1.74. The number of nitrogens with zero attached hydrogens (tertiary/aromatic N) is 5. The lowest BCUT2D eigenvalue weighted by Crippen LogP contribution is -2.11. The first-order valence-electron chi connectivity index (χ1n) is 7.15. The smallest absolute Gasteiger partial charge is 0.223 e. The molecule has 0 bridgehead atoms. The quantitative estimate of drug-likeness (QED) is 0.801. The van der Waals surface area contributed by atoms with Gasteiger partial charge in [0.05, 0.1) is 11.7 Å². The summed E-state index contributed by atoms with van der Waals surface area (Å²) in [5.41, 5.74) is 4.03. The molecule has 0 aliphatic rings. The van der Waals surface area contributed by atoms with Gasteiger partial charge in [-0.25, -0.2) is 19.6 Å². The van der Waals surface area contributed by atoms with Crippen LogP contribution in [0.3, 0.4) is 0 Å². The average molecular weight is 294 g/mol. The van der Waals surface area contributed by atoms with Gasteiger partial charge in [-0.1, -0.05) is 12.1 Å². The lowest BCUT2D eigenvalue weighted by Gasteiger charge is -2.16. The maximum absolute atomic E-state index is 4.42. The Morgan fingerprint density at radius 3 is 2.55 bits per heavy atom. The molecule has 6 nitrogen and oxygen atoms in total. The van der Waals surface area contributed by atoms with Gasteiger partial charge >= 0.3 is 0 Å². The summed E-state index contributed by atoms with van der Waals surface area (Å²) in [4.78, 5) is 12.8. The highest BCUT2D eigenvalue weighted by atomic mass is 15.3. The van der Waals surface area contributed by atoms with Crippen LogP contribution in [0.4, 0.5) is 5.95 Å². The van der Waals surface area contributed by atoms with Crippen LogP contribution in [-0.4, -0.2) is 24.7 Å². The van der Waals surface area contributed by atoms with E-state index in [0.29, 0.717) is 5.95 Å². The summed E-state index contributed by atoms with van der Waals surface area (Å²) in [6.45, 7) is 6.02. The van der Waals surface area contributed by atoms with Gasteiger partial charge in [-0.05, 0) is 44.5 Å². The van der Waals surface area contributed by atoms with Crippen LogP contribution < -0.4 is 5.32 Å². The normalized spacial score (nSPS) is 12.1. The molecule has 0 spiro atoms. The van der Waals surface area contributed by atoms with Crippen molar-refractivity contribution >= 4 is 5.95 Å². The number of hydrogen-bond acceptors (Lipinski definition) is 5. The fourth-order valence-electron chi connectivity index (χ4n) is 2.35. The lowest BCUT2D eigenvalue weighted by molar-refractivity contribution is 0.837. The second-order valence-corrected chi connectivity index (χ2v) is 5.28. The molecular formula is C16H18N6. The Morgan fingerprint density at radius 2 is 1.86 bits per heavy atom. The van der Waals surface area contributed by atoms with Crippen molar-refractivity contribution in [2.75, 3.05) is 5.32 Å². The van der Waals surface area contributed by atoms with Gasteiger partial charge in [0.1, 0.15) is 12.7 Å². The van der Waals surface area contributed by atoms with Gasteiger partial charge in [-0.15, -0.1) is 0 Å². The molecule has 1 aromatic carbocycles. The fraction of sp³-hybridized carbons (Fsp3) is 0.250. The van der Waals surface area contributed by atoms with Crippen LogP contribution in [0.15, 0.2) is 43.0 Å². The van der Waals surface area contributed by atoms with E-state index in [1.807, 2.05) is 32.0 Å². The van der Waals surface area contributed by atoms with Crippen LogP contribution >= 0.6 is 0 Å². The zero-order chi connectivity index (χ0) is 15.5. The Morgan fingerprint density at radius 1 is 1.09 bits per heavy atom. The largest absolute Gasteiger partial charge is 0.348 e. The van der Waals surface area contributed by atoms with Crippen molar-refractivity contribution < 1.29 is 0 Å². The van der Waals surface area contributed by atoms with E-state index in [9.17, 15) is 0 Å². The van der Waals surface area contributed by atoms with E-state index >= 15 is 0 Å². The van der Waals surface area contributed by atoms with E-state index in [1.165, 1.54) is 6.33 Å². The average Bonchev–Trinajstić information content (AvgIpc) is 3.00. The third-order valence-electron chi connectivity index (χ3n) is 3.38. The zero-order valence-electron chi connectivity index (χ0n) is 12.9. The first-order chi connectivity index (χ1) is 10.6. The van der Waals surface area contributed by atoms with Crippen molar-refractivity contribution in [2.45, 2.75) is 26.8 Å². The van der Waals surface area contributed by atoms with E-state index in [1.54, 1.807) is 11.0 Å². The molecule has 0 saturated heterocycles. The van der Waals surface area contributed by atoms with Gasteiger partial charge < -0.3 is 5.32 Å². The van der Waals surface area contributed by atoms with Gasteiger partial charge in [0.15, 0.2) is 0 Å². The highest BCUT2D eigenvalue weighted by molar-refractivity contribution is 5.39. The van der Waals surface area contributed by atoms with Crippen LogP contribution in [0, 0.1) is 13.8 Å². The summed E-state index contributed by atoms with van der Waals surface area (Å²) in [5.74, 6) is 0.649. The van der Waals surface area contributed by atoms with Crippen molar-refractivity contribution in [3.8, 4) is 5.69 Å². The maximum atomic E-state index is 4.42. The molecular weight excluding hydrogens is 276 g/mol. The predicted octanol–water partition coefficient (Wildman–Crippen LogP) is 2.85. The first kappa shape index (κ1) is 14.2. The Hall–Kier alpha value is -2.76. The predicted molar refractivity (Wildman–Crippen MR) is 84.9 cm³/mol. The Kier molecular flexibility index (Phi) is 3.82. The number of rotatable bonds is 4. The minimum atomic E-state index is 0.0877. The minimum absolute atomic E-state index is 0.0877. The van der Waals surface area contributed by atoms with Gasteiger partial charge in [-0.3, -0.25) is 0 Å². The maximum Gasteiger partial charge on any atom is 0.223 e.